The van der Waals surface area contributed by atoms with Gasteiger partial charge in [-0.2, -0.15) is 5.10 Å². The third-order valence-corrected chi connectivity index (χ3v) is 6.87. The Bertz CT molecular complexity index is 1570. The highest BCUT2D eigenvalue weighted by atomic mass is 16.5. The van der Waals surface area contributed by atoms with E-state index in [4.69, 9.17) is 14.8 Å². The molecule has 184 valence electrons. The van der Waals surface area contributed by atoms with Gasteiger partial charge in [-0.15, -0.1) is 0 Å². The fourth-order valence-electron chi connectivity index (χ4n) is 4.92. The smallest absolute Gasteiger partial charge is 0.313 e. The first-order valence-electron chi connectivity index (χ1n) is 12.3. The van der Waals surface area contributed by atoms with Crippen molar-refractivity contribution in [2.75, 3.05) is 7.11 Å². The lowest BCUT2D eigenvalue weighted by Gasteiger charge is -2.22. The molecule has 0 aliphatic heterocycles. The number of aryl methyl sites for hydroxylation is 2. The molecule has 0 aliphatic rings. The van der Waals surface area contributed by atoms with Crippen molar-refractivity contribution in [3.05, 3.63) is 89.4 Å². The third-order valence-electron chi connectivity index (χ3n) is 6.87. The van der Waals surface area contributed by atoms with Crippen LogP contribution in [0.1, 0.15) is 49.2 Å². The van der Waals surface area contributed by atoms with Crippen LogP contribution >= 0.6 is 0 Å². The molecule has 0 spiro atoms. The van der Waals surface area contributed by atoms with Crippen LogP contribution in [-0.2, 0) is 28.4 Å². The van der Waals surface area contributed by atoms with Crippen LogP contribution in [0.2, 0.25) is 0 Å². The summed E-state index contributed by atoms with van der Waals surface area (Å²) >= 11 is 0. The van der Waals surface area contributed by atoms with Crippen LogP contribution in [0.5, 0.6) is 0 Å². The first-order chi connectivity index (χ1) is 17.2. The Morgan fingerprint density at radius 1 is 1.06 bits per heavy atom. The summed E-state index contributed by atoms with van der Waals surface area (Å²) in [4.78, 5) is 18.2. The van der Waals surface area contributed by atoms with Crippen LogP contribution in [0, 0.1) is 6.92 Å². The zero-order valence-corrected chi connectivity index (χ0v) is 21.7. The molecule has 0 saturated heterocycles. The maximum atomic E-state index is 13.3. The first-order valence-corrected chi connectivity index (χ1v) is 12.3. The van der Waals surface area contributed by atoms with Crippen LogP contribution in [0.15, 0.2) is 66.9 Å². The van der Waals surface area contributed by atoms with Gasteiger partial charge in [0.05, 0.1) is 24.4 Å². The van der Waals surface area contributed by atoms with Crippen LogP contribution in [0.4, 0.5) is 0 Å². The van der Waals surface area contributed by atoms with Crippen molar-refractivity contribution in [3.63, 3.8) is 0 Å². The lowest BCUT2D eigenvalue weighted by molar-refractivity contribution is -0.142. The number of esters is 1. The third kappa shape index (κ3) is 4.17. The number of methoxy groups -OCH3 is 1. The minimum Gasteiger partial charge on any atom is -0.469 e. The number of rotatable bonds is 5. The van der Waals surface area contributed by atoms with Gasteiger partial charge < -0.3 is 9.30 Å². The number of carbonyl (C=O) groups excluding carboxylic acids is 1. The molecule has 5 aromatic rings. The largest absolute Gasteiger partial charge is 0.469 e. The predicted molar refractivity (Wildman–Crippen MR) is 143 cm³/mol. The number of ether oxygens (including phenoxy) is 1. The van der Waals surface area contributed by atoms with Crippen molar-refractivity contribution in [2.24, 2.45) is 7.05 Å². The quantitative estimate of drug-likeness (QED) is 0.290. The summed E-state index contributed by atoms with van der Waals surface area (Å²) in [5.41, 5.74) is 7.30. The van der Waals surface area contributed by atoms with Crippen LogP contribution < -0.4 is 0 Å². The monoisotopic (exact) mass is 480 g/mol. The van der Waals surface area contributed by atoms with Crippen molar-refractivity contribution in [1.82, 2.24) is 19.2 Å². The lowest BCUT2D eigenvalue weighted by atomic mass is 9.87. The van der Waals surface area contributed by atoms with Gasteiger partial charge in [0.15, 0.2) is 5.65 Å². The fourth-order valence-corrected chi connectivity index (χ4v) is 4.92. The second-order valence-electron chi connectivity index (χ2n) is 10.5. The summed E-state index contributed by atoms with van der Waals surface area (Å²) in [5.74, 6) is -0.814. The molecule has 5 rings (SSSR count). The predicted octanol–water partition coefficient (Wildman–Crippen LogP) is 5.99. The Hall–Kier alpha value is -3.93. The number of hydrogen-bond donors (Lipinski definition) is 0. The van der Waals surface area contributed by atoms with Crippen molar-refractivity contribution < 1.29 is 9.53 Å². The zero-order valence-electron chi connectivity index (χ0n) is 21.7. The van der Waals surface area contributed by atoms with Gasteiger partial charge in [0.2, 0.25) is 0 Å². The van der Waals surface area contributed by atoms with E-state index in [1.54, 1.807) is 0 Å². The second kappa shape index (κ2) is 8.94. The van der Waals surface area contributed by atoms with Crippen LogP contribution in [-0.4, -0.2) is 32.2 Å². The Morgan fingerprint density at radius 3 is 2.50 bits per heavy atom. The molecule has 0 aliphatic carbocycles. The summed E-state index contributed by atoms with van der Waals surface area (Å²) in [5, 5.41) is 6.15. The maximum absolute atomic E-state index is 13.3. The molecule has 36 heavy (non-hydrogen) atoms. The van der Waals surface area contributed by atoms with E-state index in [0.29, 0.717) is 6.42 Å². The minimum atomic E-state index is -0.530. The molecule has 1 unspecified atom stereocenters. The van der Waals surface area contributed by atoms with E-state index in [1.807, 2.05) is 54.9 Å². The molecular weight excluding hydrogens is 448 g/mol. The van der Waals surface area contributed by atoms with Gasteiger partial charge in [-0.25, -0.2) is 9.50 Å². The van der Waals surface area contributed by atoms with Gasteiger partial charge in [-0.05, 0) is 37.1 Å². The van der Waals surface area contributed by atoms with Crippen LogP contribution in [0.3, 0.4) is 0 Å². The molecule has 3 aromatic heterocycles. The summed E-state index contributed by atoms with van der Waals surface area (Å²) in [6.45, 7) is 8.41. The standard InChI is InChI=1S/C30H32N4O2/c1-19-27(23(29(35)36-6)16-20-10-8-7-9-11-20)28(22-12-13-24-21(17-22)14-15-33(24)5)34-26(31-19)18-25(32-34)30(2,3)4/h7-15,17-18,23H,16H2,1-6H3. The highest BCUT2D eigenvalue weighted by Gasteiger charge is 2.31. The maximum Gasteiger partial charge on any atom is 0.313 e. The highest BCUT2D eigenvalue weighted by molar-refractivity contribution is 5.88. The van der Waals surface area contributed by atoms with Crippen molar-refractivity contribution in [3.8, 4) is 11.3 Å². The average molecular weight is 481 g/mol. The van der Waals surface area contributed by atoms with Crippen molar-refractivity contribution in [1.29, 1.82) is 0 Å². The molecule has 6 nitrogen and oxygen atoms in total. The molecular formula is C30H32N4O2. The molecule has 6 heteroatoms. The summed E-state index contributed by atoms with van der Waals surface area (Å²) in [6, 6.07) is 20.6. The summed E-state index contributed by atoms with van der Waals surface area (Å²) in [7, 11) is 3.49. The number of fused-ring (bicyclic) bond motifs is 2. The van der Waals surface area contributed by atoms with Crippen LogP contribution in [0.25, 0.3) is 27.8 Å². The Morgan fingerprint density at radius 2 is 1.81 bits per heavy atom. The number of nitrogens with zero attached hydrogens (tertiary/aromatic N) is 4. The van der Waals surface area contributed by atoms with E-state index >= 15 is 0 Å². The molecule has 0 fully saturated rings. The summed E-state index contributed by atoms with van der Waals surface area (Å²) in [6.07, 6.45) is 2.57. The highest BCUT2D eigenvalue weighted by Crippen LogP contribution is 2.37. The first kappa shape index (κ1) is 23.8. The minimum absolute atomic E-state index is 0.145. The van der Waals surface area contributed by atoms with E-state index in [0.717, 1.165) is 50.3 Å². The van der Waals surface area contributed by atoms with E-state index in [-0.39, 0.29) is 11.4 Å². The Kier molecular flexibility index (Phi) is 5.91. The molecule has 0 radical (unpaired) electrons. The molecule has 0 amide bonds. The number of hydrogen-bond acceptors (Lipinski definition) is 4. The second-order valence-corrected chi connectivity index (χ2v) is 10.5. The van der Waals surface area contributed by atoms with Crippen molar-refractivity contribution >= 4 is 22.5 Å². The van der Waals surface area contributed by atoms with Gasteiger partial charge in [0.1, 0.15) is 0 Å². The molecule has 2 aromatic carbocycles. The zero-order chi connectivity index (χ0) is 25.6. The number of aromatic nitrogens is 4. The van der Waals surface area contributed by atoms with E-state index in [2.05, 4.69) is 55.8 Å². The molecule has 1 atom stereocenters. The number of benzene rings is 2. The SMILES string of the molecule is COC(=O)C(Cc1ccccc1)c1c(C)nc2cc(C(C)(C)C)nn2c1-c1ccc2c(ccn2C)c1. The van der Waals surface area contributed by atoms with Gasteiger partial charge in [0, 0.05) is 52.4 Å². The lowest BCUT2D eigenvalue weighted by Crippen LogP contribution is -2.21. The van der Waals surface area contributed by atoms with Crippen molar-refractivity contribution in [2.45, 2.75) is 45.4 Å². The Labute approximate surface area is 211 Å². The molecule has 3 heterocycles. The summed E-state index contributed by atoms with van der Waals surface area (Å²) < 4.78 is 9.34. The van der Waals surface area contributed by atoms with Gasteiger partial charge in [-0.1, -0.05) is 57.2 Å². The van der Waals surface area contributed by atoms with Gasteiger partial charge >= 0.3 is 5.97 Å². The number of carbonyl (C=O) groups is 1. The van der Waals surface area contributed by atoms with E-state index < -0.39 is 5.92 Å². The molecule has 0 saturated carbocycles. The van der Waals surface area contributed by atoms with E-state index in [9.17, 15) is 4.79 Å². The van der Waals surface area contributed by atoms with Gasteiger partial charge in [-0.3, -0.25) is 4.79 Å². The normalized spacial score (nSPS) is 12.8. The Balaban J connectivity index is 1.82. The van der Waals surface area contributed by atoms with E-state index in [1.165, 1.54) is 7.11 Å². The molecule has 0 N–H and O–H groups in total. The molecule has 0 bridgehead atoms. The van der Waals surface area contributed by atoms with Gasteiger partial charge in [0.25, 0.3) is 0 Å². The average Bonchev–Trinajstić information content (AvgIpc) is 3.45. The topological polar surface area (TPSA) is 61.4 Å². The fraction of sp³-hybridized carbons (Fsp3) is 0.300.